The predicted molar refractivity (Wildman–Crippen MR) is 309 cm³/mol. The lowest BCUT2D eigenvalue weighted by Gasteiger charge is -2.50. The van der Waals surface area contributed by atoms with Gasteiger partial charge in [0.2, 0.25) is 12.1 Å². The van der Waals surface area contributed by atoms with Crippen LogP contribution in [-0.4, -0.2) is 290 Å². The molecular formula is C61H76O34. The summed E-state index contributed by atoms with van der Waals surface area (Å²) in [4.78, 5) is 67.3. The molecule has 95 heavy (non-hydrogen) atoms. The zero-order chi connectivity index (χ0) is 69.2. The van der Waals surface area contributed by atoms with Crippen molar-refractivity contribution in [3.63, 3.8) is 0 Å². The molecule has 24 atom stereocenters. The van der Waals surface area contributed by atoms with E-state index in [2.05, 4.69) is 0 Å². The number of hydrogen-bond donors (Lipinski definition) is 13. The van der Waals surface area contributed by atoms with Crippen LogP contribution in [0.2, 0.25) is 0 Å². The van der Waals surface area contributed by atoms with E-state index >= 15 is 0 Å². The van der Waals surface area contributed by atoms with E-state index in [1.165, 1.54) is 94.0 Å². The van der Waals surface area contributed by atoms with Crippen LogP contribution in [0.4, 0.5) is 0 Å². The molecule has 8 rings (SSSR count). The molecule has 0 spiro atoms. The van der Waals surface area contributed by atoms with Gasteiger partial charge in [-0.3, -0.25) is 9.59 Å². The number of carbonyl (C=O) groups is 5. The van der Waals surface area contributed by atoms with Gasteiger partial charge >= 0.3 is 29.8 Å². The van der Waals surface area contributed by atoms with Gasteiger partial charge in [0, 0.05) is 26.0 Å². The van der Waals surface area contributed by atoms with Gasteiger partial charge in [0.1, 0.15) is 117 Å². The molecular weight excluding hydrogens is 1280 g/mol. The zero-order valence-electron chi connectivity index (χ0n) is 51.4. The summed E-state index contributed by atoms with van der Waals surface area (Å²) in [6.07, 6.45) is -42.1. The molecule has 0 unspecified atom stereocenters. The summed E-state index contributed by atoms with van der Waals surface area (Å²) >= 11 is 0. The van der Waals surface area contributed by atoms with Gasteiger partial charge in [-0.15, -0.1) is 0 Å². The molecule has 3 aromatic carbocycles. The van der Waals surface area contributed by atoms with E-state index in [1.54, 1.807) is 6.07 Å². The SMILES string of the molecule is COc1cc(/C=C/C(=O)OC[C@@]2(O[C@H]3O[C@H](COC(C)=O)[C@@H](OC(=O)/C=C/c4ccc(O[C@@H]5O[C@@H](C)[C@H](O)[C@@H](O)[C@H]5O)c(OC)c4)[C@H](O[C@@H]4O[C@H](COC(C)=O)[C@@H](O)[C@H](O)[C@H]4O)[C@H]3O[C@@H]3O[C@H](CO)[C@@H](O)[C@H](O)[C@H]3O)O[C@H](CO)[C@@H](O)[C@@H]2OC(=O)c2ccccc2)ccc1O. The first-order valence-corrected chi connectivity index (χ1v) is 29.5. The number of phenolic OH excluding ortho intramolecular Hbond substituents is 1. The number of aromatic hydroxyl groups is 1. The van der Waals surface area contributed by atoms with Crippen LogP contribution in [0.3, 0.4) is 0 Å². The van der Waals surface area contributed by atoms with Gasteiger partial charge in [0.15, 0.2) is 54.1 Å². The molecule has 13 N–H and O–H groups in total. The maximum absolute atomic E-state index is 14.5. The third kappa shape index (κ3) is 17.5. The fraction of sp³-hybridized carbons (Fsp3) is 0.557. The van der Waals surface area contributed by atoms with E-state index in [1.807, 2.05) is 0 Å². The number of carbonyl (C=O) groups excluding carboxylic acids is 5. The standard InChI is InChI=1S/C61H76O34/c1-26-42(69)46(73)49(76)57(85-26)86-33-16-12-30(20-35(33)81-5)14-18-41(68)90-52-39(24-83-28(3)65)89-60(54(92-58-50(77)47(74)43(70)36(21-62)87-58)53(52)91-59-51(78)48(75)44(71)38(88-59)23-82-27(2)64)95-61(25-84-40(67)17-13-29-11-15-32(66)34(19-29)80-4)55(45(72)37(22-63)94-61)93-56(79)31-9-7-6-8-10-31/h6-20,26,36-39,42-55,57-60,62-63,66,69-78H,21-25H2,1-5H3/b17-13+,18-14+/t26-,36+,37+,38+,39+,42-,43+,44+,45+,46+,47-,48-,49+,50+,51+,52+,53-,54+,55-,57-,58-,59-,60+,61-/m0/s1. The summed E-state index contributed by atoms with van der Waals surface area (Å²) in [6.45, 7) is -1.85. The fourth-order valence-electron chi connectivity index (χ4n) is 10.6. The molecule has 0 aliphatic carbocycles. The first-order chi connectivity index (χ1) is 45.2. The lowest BCUT2D eigenvalue weighted by atomic mass is 9.95. The number of phenols is 1. The summed E-state index contributed by atoms with van der Waals surface area (Å²) in [6, 6.07) is 15.1. The highest BCUT2D eigenvalue weighted by atomic mass is 16.8. The average molecular weight is 1350 g/mol. The maximum atomic E-state index is 14.5. The molecule has 0 amide bonds. The van der Waals surface area contributed by atoms with Gasteiger partial charge in [-0.05, 0) is 66.6 Å². The second kappa shape index (κ2) is 32.8. The van der Waals surface area contributed by atoms with Crippen LogP contribution >= 0.6 is 0 Å². The molecule has 0 bridgehead atoms. The Bertz CT molecular complexity index is 3130. The van der Waals surface area contributed by atoms with Crippen molar-refractivity contribution in [1.29, 1.82) is 0 Å². The number of aliphatic hydroxyl groups excluding tert-OH is 12. The summed E-state index contributed by atoms with van der Waals surface area (Å²) in [5, 5.41) is 142. The quantitative estimate of drug-likeness (QED) is 0.0217. The van der Waals surface area contributed by atoms with E-state index in [0.29, 0.717) is 0 Å². The van der Waals surface area contributed by atoms with Crippen LogP contribution in [0.5, 0.6) is 23.0 Å². The number of benzene rings is 3. The highest BCUT2D eigenvalue weighted by molar-refractivity contribution is 5.90. The van der Waals surface area contributed by atoms with Crippen molar-refractivity contribution < 1.29 is 166 Å². The second-order valence-corrected chi connectivity index (χ2v) is 22.3. The van der Waals surface area contributed by atoms with Gasteiger partial charge in [-0.2, -0.15) is 0 Å². The van der Waals surface area contributed by atoms with Crippen molar-refractivity contribution in [2.24, 2.45) is 0 Å². The third-order valence-corrected chi connectivity index (χ3v) is 15.7. The van der Waals surface area contributed by atoms with Crippen LogP contribution in [-0.2, 0) is 80.8 Å². The van der Waals surface area contributed by atoms with E-state index in [0.717, 1.165) is 26.0 Å². The second-order valence-electron chi connectivity index (χ2n) is 22.3. The van der Waals surface area contributed by atoms with Gasteiger partial charge < -0.3 is 142 Å². The fourth-order valence-corrected chi connectivity index (χ4v) is 10.6. The Morgan fingerprint density at radius 3 is 1.66 bits per heavy atom. The van der Waals surface area contributed by atoms with Crippen molar-refractivity contribution in [3.8, 4) is 23.0 Å². The Morgan fingerprint density at radius 1 is 0.516 bits per heavy atom. The Labute approximate surface area is 540 Å². The number of aliphatic hydroxyl groups is 12. The largest absolute Gasteiger partial charge is 0.504 e. The summed E-state index contributed by atoms with van der Waals surface area (Å²) in [5.41, 5.74) is 0.316. The van der Waals surface area contributed by atoms with E-state index < -0.39 is 210 Å². The first-order valence-electron chi connectivity index (χ1n) is 29.5. The number of methoxy groups -OCH3 is 2. The molecule has 5 heterocycles. The van der Waals surface area contributed by atoms with Gasteiger partial charge in [-0.1, -0.05) is 30.3 Å². The van der Waals surface area contributed by atoms with Crippen LogP contribution in [0.15, 0.2) is 78.9 Å². The molecule has 524 valence electrons. The van der Waals surface area contributed by atoms with Gasteiger partial charge in [0.05, 0.1) is 39.1 Å². The third-order valence-electron chi connectivity index (χ3n) is 15.7. The molecule has 3 aromatic rings. The number of esters is 5. The highest BCUT2D eigenvalue weighted by Gasteiger charge is 2.64. The number of hydrogen-bond acceptors (Lipinski definition) is 34. The van der Waals surface area contributed by atoms with E-state index in [-0.39, 0.29) is 39.7 Å². The van der Waals surface area contributed by atoms with Crippen LogP contribution < -0.4 is 14.2 Å². The van der Waals surface area contributed by atoms with Gasteiger partial charge in [0.25, 0.3) is 0 Å². The molecule has 34 nitrogen and oxygen atoms in total. The van der Waals surface area contributed by atoms with E-state index in [9.17, 15) is 90.4 Å². The molecule has 5 saturated heterocycles. The molecule has 5 aliphatic rings. The van der Waals surface area contributed by atoms with Crippen molar-refractivity contribution in [2.45, 2.75) is 168 Å². The molecule has 0 radical (unpaired) electrons. The Balaban J connectivity index is 1.25. The molecule has 5 fully saturated rings. The highest BCUT2D eigenvalue weighted by Crippen LogP contribution is 2.43. The topological polar surface area (TPSA) is 496 Å². The average Bonchev–Trinajstić information content (AvgIpc) is 1.71. The van der Waals surface area contributed by atoms with Crippen molar-refractivity contribution in [3.05, 3.63) is 95.6 Å². The minimum atomic E-state index is -2.99. The lowest BCUT2D eigenvalue weighted by molar-refractivity contribution is -0.421. The number of ether oxygens (including phenoxy) is 16. The summed E-state index contributed by atoms with van der Waals surface area (Å²) in [7, 11) is 2.52. The zero-order valence-corrected chi connectivity index (χ0v) is 51.4. The lowest BCUT2D eigenvalue weighted by Crippen LogP contribution is -2.69. The molecule has 0 saturated carbocycles. The normalized spacial score (nSPS) is 35.7. The first kappa shape index (κ1) is 73.7. The predicted octanol–water partition coefficient (Wildman–Crippen LogP) is -4.28. The number of rotatable bonds is 25. The molecule has 34 heteroatoms. The summed E-state index contributed by atoms with van der Waals surface area (Å²) < 4.78 is 93.9. The van der Waals surface area contributed by atoms with Crippen LogP contribution in [0.25, 0.3) is 12.2 Å². The van der Waals surface area contributed by atoms with Crippen LogP contribution in [0, 0.1) is 0 Å². The maximum Gasteiger partial charge on any atom is 0.338 e. The monoisotopic (exact) mass is 1350 g/mol. The van der Waals surface area contributed by atoms with Crippen molar-refractivity contribution in [2.75, 3.05) is 47.3 Å². The Hall–Kier alpha value is -7.11. The Kier molecular flexibility index (Phi) is 25.4. The van der Waals surface area contributed by atoms with Gasteiger partial charge in [-0.25, -0.2) is 14.4 Å². The minimum absolute atomic E-state index is 0.0141. The Morgan fingerprint density at radius 2 is 1.05 bits per heavy atom. The molecule has 0 aromatic heterocycles. The smallest absolute Gasteiger partial charge is 0.338 e. The van der Waals surface area contributed by atoms with Crippen LogP contribution in [0.1, 0.15) is 42.3 Å². The minimum Gasteiger partial charge on any atom is -0.504 e. The molecule has 5 aliphatic heterocycles. The van der Waals surface area contributed by atoms with Crippen molar-refractivity contribution in [1.82, 2.24) is 0 Å². The van der Waals surface area contributed by atoms with Crippen molar-refractivity contribution >= 4 is 42.0 Å². The van der Waals surface area contributed by atoms with E-state index in [4.69, 9.17) is 75.8 Å². The summed E-state index contributed by atoms with van der Waals surface area (Å²) in [5.74, 6) is -8.94.